The highest BCUT2D eigenvalue weighted by Crippen LogP contribution is 2.17. The number of hydrogen-bond acceptors (Lipinski definition) is 3. The van der Waals surface area contributed by atoms with Crippen molar-refractivity contribution in [3.63, 3.8) is 0 Å². The maximum atomic E-state index is 13.4. The van der Waals surface area contributed by atoms with Crippen LogP contribution in [0.5, 0.6) is 5.75 Å². The van der Waals surface area contributed by atoms with Gasteiger partial charge < -0.3 is 15.8 Å². The van der Waals surface area contributed by atoms with E-state index in [0.717, 1.165) is 5.56 Å². The van der Waals surface area contributed by atoms with Gasteiger partial charge in [0, 0.05) is 18.5 Å². The van der Waals surface area contributed by atoms with Gasteiger partial charge in [-0.2, -0.15) is 0 Å². The molecule has 1 aromatic carbocycles. The average Bonchev–Trinajstić information content (AvgIpc) is 2.26. The fraction of sp³-hybridized carbons (Fsp3) is 0.500. The molecule has 5 heteroatoms. The molecular weight excluding hydrogens is 247 g/mol. The van der Waals surface area contributed by atoms with Gasteiger partial charge in [-0.1, -0.05) is 6.07 Å². The van der Waals surface area contributed by atoms with Gasteiger partial charge in [0.2, 0.25) is 5.91 Å². The van der Waals surface area contributed by atoms with Crippen LogP contribution in [0.4, 0.5) is 4.39 Å². The van der Waals surface area contributed by atoms with Crippen LogP contribution in [0.1, 0.15) is 25.8 Å². The lowest BCUT2D eigenvalue weighted by Crippen LogP contribution is -2.39. The van der Waals surface area contributed by atoms with E-state index in [1.165, 1.54) is 13.2 Å². The zero-order valence-corrected chi connectivity index (χ0v) is 11.6. The monoisotopic (exact) mass is 268 g/mol. The van der Waals surface area contributed by atoms with Crippen molar-refractivity contribution in [1.82, 2.24) is 5.32 Å². The lowest BCUT2D eigenvalue weighted by Gasteiger charge is -2.17. The van der Waals surface area contributed by atoms with Crippen LogP contribution in [0, 0.1) is 5.82 Å². The fourth-order valence-corrected chi connectivity index (χ4v) is 1.69. The van der Waals surface area contributed by atoms with Gasteiger partial charge >= 0.3 is 0 Å². The first-order chi connectivity index (χ1) is 8.81. The number of benzene rings is 1. The van der Waals surface area contributed by atoms with Crippen LogP contribution in [-0.4, -0.2) is 25.1 Å². The fourth-order valence-electron chi connectivity index (χ4n) is 1.69. The van der Waals surface area contributed by atoms with Gasteiger partial charge in [0.15, 0.2) is 11.6 Å². The molecule has 0 unspecified atom stereocenters. The lowest BCUT2D eigenvalue weighted by molar-refractivity contribution is -0.121. The molecule has 106 valence electrons. The molecule has 0 bridgehead atoms. The summed E-state index contributed by atoms with van der Waals surface area (Å²) in [4.78, 5) is 11.5. The molecule has 0 saturated heterocycles. The molecule has 1 amide bonds. The Kier molecular flexibility index (Phi) is 5.30. The number of carbonyl (C=O) groups is 1. The Morgan fingerprint density at radius 1 is 1.47 bits per heavy atom. The molecule has 1 aromatic rings. The minimum atomic E-state index is -0.518. The Hall–Kier alpha value is -1.62. The van der Waals surface area contributed by atoms with Crippen molar-refractivity contribution in [2.45, 2.75) is 32.2 Å². The third-order valence-electron chi connectivity index (χ3n) is 2.57. The molecule has 19 heavy (non-hydrogen) atoms. The molecule has 0 aliphatic rings. The van der Waals surface area contributed by atoms with Gasteiger partial charge in [0.1, 0.15) is 0 Å². The number of nitrogens with one attached hydrogen (secondary N) is 1. The smallest absolute Gasteiger partial charge is 0.221 e. The second kappa shape index (κ2) is 6.52. The zero-order chi connectivity index (χ0) is 14.5. The number of nitrogens with two attached hydrogens (primary N) is 1. The van der Waals surface area contributed by atoms with E-state index in [-0.39, 0.29) is 18.1 Å². The summed E-state index contributed by atoms with van der Waals surface area (Å²) < 4.78 is 18.3. The van der Waals surface area contributed by atoms with Gasteiger partial charge in [-0.05, 0) is 38.0 Å². The van der Waals surface area contributed by atoms with Crippen LogP contribution in [-0.2, 0) is 11.2 Å². The number of methoxy groups -OCH3 is 1. The average molecular weight is 268 g/mol. The summed E-state index contributed by atoms with van der Waals surface area (Å²) in [5, 5.41) is 2.76. The van der Waals surface area contributed by atoms with Crippen LogP contribution < -0.4 is 15.8 Å². The first-order valence-electron chi connectivity index (χ1n) is 6.20. The summed E-state index contributed by atoms with van der Waals surface area (Å²) in [6.07, 6.45) is 0.835. The second-order valence-electron chi connectivity index (χ2n) is 5.23. The van der Waals surface area contributed by atoms with E-state index in [1.807, 2.05) is 0 Å². The Morgan fingerprint density at radius 2 is 2.16 bits per heavy atom. The minimum absolute atomic E-state index is 0.0958. The third kappa shape index (κ3) is 5.70. The predicted octanol–water partition coefficient (Wildman–Crippen LogP) is 1.62. The quantitative estimate of drug-likeness (QED) is 0.824. The van der Waals surface area contributed by atoms with Crippen molar-refractivity contribution in [1.29, 1.82) is 0 Å². The molecule has 4 nitrogen and oxygen atoms in total. The molecule has 0 aliphatic heterocycles. The first kappa shape index (κ1) is 15.4. The second-order valence-corrected chi connectivity index (χ2v) is 5.23. The summed E-state index contributed by atoms with van der Waals surface area (Å²) in [5.74, 6) is -0.270. The highest BCUT2D eigenvalue weighted by Gasteiger charge is 2.15. The van der Waals surface area contributed by atoms with Crippen LogP contribution in [0.2, 0.25) is 0 Å². The molecule has 0 atom stereocenters. The normalized spacial score (nSPS) is 11.2. The summed E-state index contributed by atoms with van der Waals surface area (Å²) in [6, 6.07) is 4.77. The summed E-state index contributed by atoms with van der Waals surface area (Å²) in [7, 11) is 1.42. The van der Waals surface area contributed by atoms with E-state index in [0.29, 0.717) is 13.0 Å². The first-order valence-corrected chi connectivity index (χ1v) is 6.20. The van der Waals surface area contributed by atoms with Gasteiger partial charge in [0.05, 0.1) is 7.11 Å². The molecule has 0 aliphatic carbocycles. The number of carbonyl (C=O) groups excluding carboxylic acids is 1. The lowest BCUT2D eigenvalue weighted by atomic mass is 10.0. The Labute approximate surface area is 113 Å². The molecule has 1 rings (SSSR count). The zero-order valence-electron chi connectivity index (χ0n) is 11.6. The molecule has 3 N–H and O–H groups in total. The van der Waals surface area contributed by atoms with Crippen molar-refractivity contribution in [3.8, 4) is 5.75 Å². The van der Waals surface area contributed by atoms with E-state index in [1.54, 1.807) is 26.0 Å². The molecule has 0 aromatic heterocycles. The van der Waals surface area contributed by atoms with Gasteiger partial charge in [-0.15, -0.1) is 0 Å². The SMILES string of the molecule is COc1ccc(CCNC(=O)CC(C)(C)N)cc1F. The van der Waals surface area contributed by atoms with E-state index in [9.17, 15) is 9.18 Å². The van der Waals surface area contributed by atoms with Crippen molar-refractivity contribution in [2.75, 3.05) is 13.7 Å². The highest BCUT2D eigenvalue weighted by molar-refractivity contribution is 5.77. The Balaban J connectivity index is 2.41. The highest BCUT2D eigenvalue weighted by atomic mass is 19.1. The predicted molar refractivity (Wildman–Crippen MR) is 72.5 cm³/mol. The number of ether oxygens (including phenoxy) is 1. The summed E-state index contributed by atoms with van der Waals surface area (Å²) >= 11 is 0. The van der Waals surface area contributed by atoms with Crippen LogP contribution >= 0.6 is 0 Å². The van der Waals surface area contributed by atoms with Crippen LogP contribution in [0.3, 0.4) is 0 Å². The molecule has 0 heterocycles. The molecular formula is C14H21FN2O2. The van der Waals surface area contributed by atoms with Crippen LogP contribution in [0.25, 0.3) is 0 Å². The maximum Gasteiger partial charge on any atom is 0.221 e. The Bertz CT molecular complexity index is 442. The molecule has 0 saturated carbocycles. The summed E-state index contributed by atoms with van der Waals surface area (Å²) in [6.45, 7) is 4.05. The Morgan fingerprint density at radius 3 is 2.68 bits per heavy atom. The van der Waals surface area contributed by atoms with E-state index >= 15 is 0 Å². The number of amides is 1. The van der Waals surface area contributed by atoms with E-state index in [4.69, 9.17) is 10.5 Å². The number of hydrogen-bond donors (Lipinski definition) is 2. The topological polar surface area (TPSA) is 64.3 Å². The molecule has 0 radical (unpaired) electrons. The standard InChI is InChI=1S/C14H21FN2O2/c1-14(2,16)9-13(18)17-7-6-10-4-5-12(19-3)11(15)8-10/h4-5,8H,6-7,9,16H2,1-3H3,(H,17,18). The van der Waals surface area contributed by atoms with E-state index in [2.05, 4.69) is 5.32 Å². The van der Waals surface area contributed by atoms with Gasteiger partial charge in [0.25, 0.3) is 0 Å². The minimum Gasteiger partial charge on any atom is -0.494 e. The molecule has 0 spiro atoms. The van der Waals surface area contributed by atoms with Gasteiger partial charge in [-0.3, -0.25) is 4.79 Å². The van der Waals surface area contributed by atoms with Crippen molar-refractivity contribution in [2.24, 2.45) is 5.73 Å². The van der Waals surface area contributed by atoms with Crippen molar-refractivity contribution in [3.05, 3.63) is 29.6 Å². The largest absolute Gasteiger partial charge is 0.494 e. The van der Waals surface area contributed by atoms with Gasteiger partial charge in [-0.25, -0.2) is 4.39 Å². The van der Waals surface area contributed by atoms with Crippen LogP contribution in [0.15, 0.2) is 18.2 Å². The van der Waals surface area contributed by atoms with E-state index < -0.39 is 11.4 Å². The van der Waals surface area contributed by atoms with Crippen molar-refractivity contribution < 1.29 is 13.9 Å². The van der Waals surface area contributed by atoms with Crippen molar-refractivity contribution >= 4 is 5.91 Å². The maximum absolute atomic E-state index is 13.4. The molecule has 0 fully saturated rings. The summed E-state index contributed by atoms with van der Waals surface area (Å²) in [5.41, 5.74) is 6.04. The number of halogens is 1. The third-order valence-corrected chi connectivity index (χ3v) is 2.57. The number of rotatable bonds is 6.